The molecule has 1 heterocycles. The van der Waals surface area contributed by atoms with E-state index in [1.807, 2.05) is 0 Å². The minimum Gasteiger partial charge on any atom is -0.392 e. The summed E-state index contributed by atoms with van der Waals surface area (Å²) in [5.74, 6) is 1.92. The van der Waals surface area contributed by atoms with Crippen molar-refractivity contribution in [3.8, 4) is 0 Å². The van der Waals surface area contributed by atoms with Gasteiger partial charge in [0.25, 0.3) is 0 Å². The van der Waals surface area contributed by atoms with Crippen molar-refractivity contribution in [2.45, 2.75) is 37.3 Å². The lowest BCUT2D eigenvalue weighted by atomic mass is 10.2. The molecule has 1 atom stereocenters. The first-order valence-corrected chi connectivity index (χ1v) is 9.87. The Kier molecular flexibility index (Phi) is 5.53. The van der Waals surface area contributed by atoms with Crippen LogP contribution in [0.2, 0.25) is 0 Å². The van der Waals surface area contributed by atoms with E-state index in [9.17, 15) is 13.5 Å². The Bertz CT molecular complexity index is 584. The van der Waals surface area contributed by atoms with E-state index >= 15 is 0 Å². The predicted molar refractivity (Wildman–Crippen MR) is 85.5 cm³/mol. The zero-order chi connectivity index (χ0) is 14.8. The van der Waals surface area contributed by atoms with Crippen LogP contribution in [0.5, 0.6) is 0 Å². The topological polar surface area (TPSA) is 66.4 Å². The summed E-state index contributed by atoms with van der Waals surface area (Å²) in [6.45, 7) is 1.58. The van der Waals surface area contributed by atoms with Crippen molar-refractivity contribution in [2.24, 2.45) is 0 Å². The van der Waals surface area contributed by atoms with Crippen molar-refractivity contribution in [1.82, 2.24) is 4.72 Å². The van der Waals surface area contributed by atoms with E-state index in [4.69, 9.17) is 0 Å². The molecular weight excluding hydrogens is 362 g/mol. The van der Waals surface area contributed by atoms with Crippen molar-refractivity contribution < 1.29 is 13.5 Å². The molecule has 0 radical (unpaired) electrons. The summed E-state index contributed by atoms with van der Waals surface area (Å²) < 4.78 is 28.5. The van der Waals surface area contributed by atoms with Gasteiger partial charge in [-0.2, -0.15) is 11.8 Å². The smallest absolute Gasteiger partial charge is 0.241 e. The third-order valence-corrected chi connectivity index (χ3v) is 7.00. The Hall–Kier alpha value is -0.0800. The van der Waals surface area contributed by atoms with Crippen LogP contribution in [0.3, 0.4) is 0 Å². The number of aliphatic hydroxyl groups excluding tert-OH is 1. The summed E-state index contributed by atoms with van der Waals surface area (Å²) in [5, 5.41) is 9.23. The van der Waals surface area contributed by atoms with Gasteiger partial charge in [0.1, 0.15) is 0 Å². The lowest BCUT2D eigenvalue weighted by Crippen LogP contribution is -2.38. The van der Waals surface area contributed by atoms with Gasteiger partial charge in [0.15, 0.2) is 0 Å². The second-order valence-corrected chi connectivity index (χ2v) is 8.58. The molecule has 1 unspecified atom stereocenters. The largest absolute Gasteiger partial charge is 0.392 e. The third-order valence-electron chi connectivity index (χ3n) is 3.31. The SMILES string of the molecule is Cc1c(Br)cc(CO)cc1S(=O)(=O)NC1CCCSC1. The zero-order valence-electron chi connectivity index (χ0n) is 11.2. The predicted octanol–water partition coefficient (Wildman–Crippen LogP) is 2.42. The molecule has 2 rings (SSSR count). The molecule has 0 bridgehead atoms. The highest BCUT2D eigenvalue weighted by Gasteiger charge is 2.24. The standard InChI is InChI=1S/C13H18BrNO3S2/c1-9-12(14)5-10(7-16)6-13(9)20(17,18)15-11-3-2-4-19-8-11/h5-6,11,15-16H,2-4,7-8H2,1H3. The highest BCUT2D eigenvalue weighted by Crippen LogP contribution is 2.27. The Balaban J connectivity index is 2.30. The van der Waals surface area contributed by atoms with E-state index in [0.717, 1.165) is 24.3 Å². The summed E-state index contributed by atoms with van der Waals surface area (Å²) in [6.07, 6.45) is 1.92. The first kappa shape index (κ1) is 16.3. The molecule has 2 N–H and O–H groups in total. The van der Waals surface area contributed by atoms with Crippen molar-refractivity contribution >= 4 is 37.7 Å². The quantitative estimate of drug-likeness (QED) is 0.842. The first-order valence-electron chi connectivity index (χ1n) is 6.44. The summed E-state index contributed by atoms with van der Waals surface area (Å²) in [7, 11) is -3.55. The molecule has 1 aromatic carbocycles. The van der Waals surface area contributed by atoms with Crippen LogP contribution in [0.15, 0.2) is 21.5 Å². The number of thioether (sulfide) groups is 1. The van der Waals surface area contributed by atoms with E-state index < -0.39 is 10.0 Å². The first-order chi connectivity index (χ1) is 9.44. The molecule has 1 aliphatic rings. The van der Waals surface area contributed by atoms with Crippen LogP contribution in [0, 0.1) is 6.92 Å². The molecule has 20 heavy (non-hydrogen) atoms. The van der Waals surface area contributed by atoms with Gasteiger partial charge in [-0.15, -0.1) is 0 Å². The lowest BCUT2D eigenvalue weighted by Gasteiger charge is -2.23. The number of hydrogen-bond acceptors (Lipinski definition) is 4. The number of nitrogens with one attached hydrogen (secondary N) is 1. The molecule has 1 fully saturated rings. The average Bonchev–Trinajstić information content (AvgIpc) is 2.42. The average molecular weight is 380 g/mol. The van der Waals surface area contributed by atoms with Crippen LogP contribution < -0.4 is 4.72 Å². The fraction of sp³-hybridized carbons (Fsp3) is 0.538. The fourth-order valence-corrected chi connectivity index (χ4v) is 5.60. The van der Waals surface area contributed by atoms with E-state index in [1.54, 1.807) is 30.8 Å². The number of hydrogen-bond donors (Lipinski definition) is 2. The molecule has 1 aromatic rings. The highest BCUT2D eigenvalue weighted by atomic mass is 79.9. The molecule has 0 amide bonds. The monoisotopic (exact) mass is 379 g/mol. The van der Waals surface area contributed by atoms with Gasteiger partial charge in [-0.1, -0.05) is 15.9 Å². The van der Waals surface area contributed by atoms with Crippen molar-refractivity contribution in [2.75, 3.05) is 11.5 Å². The van der Waals surface area contributed by atoms with Crippen LogP contribution >= 0.6 is 27.7 Å². The normalized spacial score (nSPS) is 20.1. The number of aliphatic hydroxyl groups is 1. The molecule has 4 nitrogen and oxygen atoms in total. The maximum Gasteiger partial charge on any atom is 0.241 e. The van der Waals surface area contributed by atoms with Crippen LogP contribution in [-0.4, -0.2) is 31.1 Å². The van der Waals surface area contributed by atoms with Crippen LogP contribution in [-0.2, 0) is 16.6 Å². The number of rotatable bonds is 4. The molecule has 0 saturated carbocycles. The summed E-state index contributed by atoms with van der Waals surface area (Å²) in [6, 6.07) is 3.28. The molecular formula is C13H18BrNO3S2. The summed E-state index contributed by atoms with van der Waals surface area (Å²) in [4.78, 5) is 0.242. The van der Waals surface area contributed by atoms with E-state index in [-0.39, 0.29) is 17.5 Å². The third kappa shape index (κ3) is 3.76. The van der Waals surface area contributed by atoms with Gasteiger partial charge >= 0.3 is 0 Å². The molecule has 1 aliphatic heterocycles. The lowest BCUT2D eigenvalue weighted by molar-refractivity contribution is 0.281. The number of halogens is 1. The maximum atomic E-state index is 12.5. The molecule has 0 aliphatic carbocycles. The second kappa shape index (κ2) is 6.79. The Labute approximate surface area is 132 Å². The van der Waals surface area contributed by atoms with Gasteiger partial charge in [0.05, 0.1) is 11.5 Å². The Morgan fingerprint density at radius 2 is 2.25 bits per heavy atom. The van der Waals surface area contributed by atoms with Gasteiger partial charge in [-0.3, -0.25) is 0 Å². The van der Waals surface area contributed by atoms with Gasteiger partial charge in [-0.25, -0.2) is 13.1 Å². The molecule has 112 valence electrons. The molecule has 7 heteroatoms. The maximum absolute atomic E-state index is 12.5. The van der Waals surface area contributed by atoms with Crippen LogP contribution in [0.25, 0.3) is 0 Å². The van der Waals surface area contributed by atoms with Crippen molar-refractivity contribution in [3.63, 3.8) is 0 Å². The van der Waals surface area contributed by atoms with Gasteiger partial charge in [0.2, 0.25) is 10.0 Å². The minimum absolute atomic E-state index is 0.00490. The van der Waals surface area contributed by atoms with Crippen molar-refractivity contribution in [3.05, 3.63) is 27.7 Å². The fourth-order valence-electron chi connectivity index (χ4n) is 2.19. The van der Waals surface area contributed by atoms with Gasteiger partial charge in [0, 0.05) is 16.3 Å². The Morgan fingerprint density at radius 3 is 2.85 bits per heavy atom. The van der Waals surface area contributed by atoms with E-state index in [2.05, 4.69) is 20.7 Å². The molecule has 1 saturated heterocycles. The van der Waals surface area contributed by atoms with Crippen molar-refractivity contribution in [1.29, 1.82) is 0 Å². The molecule has 0 spiro atoms. The zero-order valence-corrected chi connectivity index (χ0v) is 14.4. The minimum atomic E-state index is -3.55. The number of sulfonamides is 1. The van der Waals surface area contributed by atoms with E-state index in [0.29, 0.717) is 15.6 Å². The second-order valence-electron chi connectivity index (χ2n) is 4.89. The van der Waals surface area contributed by atoms with E-state index in [1.165, 1.54) is 0 Å². The van der Waals surface area contributed by atoms with Gasteiger partial charge in [-0.05, 0) is 48.8 Å². The highest BCUT2D eigenvalue weighted by molar-refractivity contribution is 9.10. The van der Waals surface area contributed by atoms with Crippen LogP contribution in [0.4, 0.5) is 0 Å². The number of benzene rings is 1. The summed E-state index contributed by atoms with van der Waals surface area (Å²) in [5.41, 5.74) is 1.25. The van der Waals surface area contributed by atoms with Crippen LogP contribution in [0.1, 0.15) is 24.0 Å². The van der Waals surface area contributed by atoms with Gasteiger partial charge < -0.3 is 5.11 Å². The summed E-state index contributed by atoms with van der Waals surface area (Å²) >= 11 is 5.13. The molecule has 0 aromatic heterocycles. The Morgan fingerprint density at radius 1 is 1.50 bits per heavy atom.